The molecule has 4 aliphatic rings. The lowest BCUT2D eigenvalue weighted by Gasteiger charge is -2.46. The lowest BCUT2D eigenvalue weighted by Crippen LogP contribution is -2.65. The van der Waals surface area contributed by atoms with Gasteiger partial charge in [0.2, 0.25) is 0 Å². The van der Waals surface area contributed by atoms with E-state index in [1.165, 1.54) is 33.8 Å². The van der Waals surface area contributed by atoms with Gasteiger partial charge < -0.3 is 152 Å². The summed E-state index contributed by atoms with van der Waals surface area (Å²) in [4.78, 5) is 14.2. The molecule has 0 bridgehead atoms. The minimum atomic E-state index is -2.09. The van der Waals surface area contributed by atoms with E-state index in [-0.39, 0.29) is 55.4 Å². The van der Waals surface area contributed by atoms with Crippen molar-refractivity contribution in [3.8, 4) is 0 Å². The molecular weight excluding hydrogens is 1420 g/mol. The van der Waals surface area contributed by atoms with E-state index in [1.54, 1.807) is 46.8 Å². The van der Waals surface area contributed by atoms with Crippen LogP contribution in [0.5, 0.6) is 0 Å². The number of hydrogen-bond acceptors (Lipinski definition) is 31. The Hall–Kier alpha value is -2.47. The second-order valence-electron chi connectivity index (χ2n) is 32.5. The van der Waals surface area contributed by atoms with E-state index >= 15 is 0 Å². The number of aliphatic hydroxyl groups is 21. The molecule has 0 aliphatic carbocycles. The van der Waals surface area contributed by atoms with Gasteiger partial charge in [-0.05, 0) is 120 Å². The third kappa shape index (κ3) is 29.4. The maximum atomic E-state index is 14.2. The van der Waals surface area contributed by atoms with E-state index in [2.05, 4.69) is 6.92 Å². The van der Waals surface area contributed by atoms with Gasteiger partial charge in [0.15, 0.2) is 18.9 Å². The highest BCUT2D eigenvalue weighted by molar-refractivity contribution is 5.69. The van der Waals surface area contributed by atoms with Crippen molar-refractivity contribution in [1.29, 1.82) is 0 Å². The van der Waals surface area contributed by atoms with Gasteiger partial charge in [-0.25, -0.2) is 0 Å². The van der Waals surface area contributed by atoms with Crippen LogP contribution in [0.3, 0.4) is 0 Å². The Labute approximate surface area is 638 Å². The number of esters is 1. The molecule has 39 atom stereocenters. The fourth-order valence-corrected chi connectivity index (χ4v) is 15.2. The Morgan fingerprint density at radius 1 is 0.500 bits per heavy atom. The molecule has 3 fully saturated rings. The van der Waals surface area contributed by atoms with E-state index in [4.69, 9.17) is 44.6 Å². The van der Waals surface area contributed by atoms with Gasteiger partial charge in [0.25, 0.3) is 0 Å². The van der Waals surface area contributed by atoms with Gasteiger partial charge in [-0.3, -0.25) is 4.79 Å². The van der Waals surface area contributed by atoms with Gasteiger partial charge in [0.1, 0.15) is 67.1 Å². The number of carbonyl (C=O) groups is 1. The summed E-state index contributed by atoms with van der Waals surface area (Å²) < 4.78 is 42.2. The first-order valence-electron chi connectivity index (χ1n) is 39.4. The summed E-state index contributed by atoms with van der Waals surface area (Å²) in [6, 6.07) is -1.19. The Kier molecular flexibility index (Phi) is 43.1. The molecule has 24 unspecified atom stereocenters. The van der Waals surface area contributed by atoms with Crippen molar-refractivity contribution in [1.82, 2.24) is 0 Å². The van der Waals surface area contributed by atoms with E-state index in [0.29, 0.717) is 31.4 Å². The first-order chi connectivity index (χ1) is 50.6. The van der Waals surface area contributed by atoms with Gasteiger partial charge in [-0.2, -0.15) is 0 Å². The number of unbranched alkanes of at least 4 members (excludes halogenated alkanes) is 3. The van der Waals surface area contributed by atoms with Crippen molar-refractivity contribution in [3.63, 3.8) is 0 Å². The number of ether oxygens (including phenoxy) is 7. The van der Waals surface area contributed by atoms with E-state index in [1.807, 2.05) is 19.9 Å². The summed E-state index contributed by atoms with van der Waals surface area (Å²) >= 11 is 0. The highest BCUT2D eigenvalue weighted by Crippen LogP contribution is 2.37. The smallest absolute Gasteiger partial charge is 0.306 e. The molecule has 0 radical (unpaired) electrons. The van der Waals surface area contributed by atoms with Crippen molar-refractivity contribution in [2.75, 3.05) is 19.8 Å². The van der Waals surface area contributed by atoms with Gasteiger partial charge in [-0.15, -0.1) is 0 Å². The highest BCUT2D eigenvalue weighted by Gasteiger charge is 2.53. The number of hydrogen-bond donors (Lipinski definition) is 23. The maximum absolute atomic E-state index is 14.2. The molecule has 634 valence electrons. The van der Waals surface area contributed by atoms with Crippen LogP contribution in [0, 0.1) is 53.3 Å². The van der Waals surface area contributed by atoms with Crippen LogP contribution in [0.2, 0.25) is 0 Å². The molecule has 0 aromatic carbocycles. The predicted molar refractivity (Wildman–Crippen MR) is 394 cm³/mol. The average molecular weight is 1560 g/mol. The molecule has 4 aliphatic heterocycles. The summed E-state index contributed by atoms with van der Waals surface area (Å²) in [6.07, 6.45) is -33.8. The Morgan fingerprint density at radius 2 is 0.991 bits per heavy atom. The number of nitrogens with two attached hydrogens (primary N) is 2. The summed E-state index contributed by atoms with van der Waals surface area (Å²) in [7, 11) is 0. The van der Waals surface area contributed by atoms with Crippen LogP contribution in [0.4, 0.5) is 0 Å². The summed E-state index contributed by atoms with van der Waals surface area (Å²) in [5.74, 6) is -6.38. The van der Waals surface area contributed by atoms with Crippen LogP contribution in [0.25, 0.3) is 0 Å². The lowest BCUT2D eigenvalue weighted by atomic mass is 9.81. The van der Waals surface area contributed by atoms with Crippen LogP contribution < -0.4 is 11.5 Å². The quantitative estimate of drug-likeness (QED) is 0.0462. The van der Waals surface area contributed by atoms with E-state index in [0.717, 1.165) is 32.1 Å². The van der Waals surface area contributed by atoms with Crippen LogP contribution in [0.15, 0.2) is 35.5 Å². The minimum Gasteiger partial charge on any atom is -0.462 e. The van der Waals surface area contributed by atoms with Gasteiger partial charge >= 0.3 is 5.97 Å². The third-order valence-corrected chi connectivity index (χ3v) is 23.2. The zero-order chi connectivity index (χ0) is 81.5. The Morgan fingerprint density at radius 3 is 1.54 bits per heavy atom. The summed E-state index contributed by atoms with van der Waals surface area (Å²) in [5.41, 5.74) is 12.6. The molecule has 0 spiro atoms. The van der Waals surface area contributed by atoms with Gasteiger partial charge in [0, 0.05) is 48.3 Å². The molecular formula is C77H142N2O29. The standard InChI is InChI=1S/C77H142N2O29/c1-36(19-15-13-14-18-24-78)25-42(7)73-46(11)57(103-75-69(98)62(79)66(95)47(12)102-75)33-50(84)32-55(89)44(9)53(87)29-48(82)28-52(86)43(8)54(88)30-49(83)31-56(90)45(10)65(94)58(104-77-72(101)74(68(97)60(35-81)106-77)108-76-71(100)70(99)67(96)59(34-80)105-76)27-41(6)64(93)40(5)26-39(4)63(92)38(3)20-16-17-21-51(85)37(2)22-23-61(91)107-73/h16,20,26-27,36-38,40,42-60,62-77,80-90,92-101H,13-15,17-19,21-25,28-35,78-79H2,1-12H3/t36?,37?,38?,40?,42?,43?,44?,45?,46?,47-,48?,49?,50?,51?,52?,53?,54?,55?,56?,57?,58?,59-,60-,62+,63?,64?,65?,66-,67-,68-,69-,70+,71+,72+,73?,74+,75+,76+,77+/m1/s1. The average Bonchev–Trinajstić information content (AvgIpc) is 0.786. The van der Waals surface area contributed by atoms with Crippen molar-refractivity contribution in [2.45, 2.75) is 369 Å². The molecule has 4 heterocycles. The zero-order valence-corrected chi connectivity index (χ0v) is 65.6. The molecule has 31 nitrogen and oxygen atoms in total. The molecule has 4 rings (SSSR count). The van der Waals surface area contributed by atoms with Crippen molar-refractivity contribution in [2.24, 2.45) is 64.7 Å². The predicted octanol–water partition coefficient (Wildman–Crippen LogP) is -1.20. The highest BCUT2D eigenvalue weighted by atomic mass is 16.7. The van der Waals surface area contributed by atoms with Crippen molar-refractivity contribution >= 4 is 5.97 Å². The van der Waals surface area contributed by atoms with Crippen LogP contribution in [-0.2, 0) is 38.0 Å². The monoisotopic (exact) mass is 1560 g/mol. The van der Waals surface area contributed by atoms with Gasteiger partial charge in [-0.1, -0.05) is 112 Å². The number of cyclic esters (lactones) is 1. The number of allylic oxidation sites excluding steroid dienone is 1. The van der Waals surface area contributed by atoms with Crippen molar-refractivity contribution < 1.29 is 145 Å². The zero-order valence-electron chi connectivity index (χ0n) is 65.6. The lowest BCUT2D eigenvalue weighted by molar-refractivity contribution is -0.364. The maximum Gasteiger partial charge on any atom is 0.306 e. The summed E-state index contributed by atoms with van der Waals surface area (Å²) in [5, 5.41) is 236. The topological polar surface area (TPSA) is 559 Å². The first-order valence-corrected chi connectivity index (χ1v) is 39.4. The van der Waals surface area contributed by atoms with E-state index in [9.17, 15) is 112 Å². The largest absolute Gasteiger partial charge is 0.462 e. The Bertz CT molecular complexity index is 2600. The van der Waals surface area contributed by atoms with Crippen molar-refractivity contribution in [3.05, 3.63) is 35.5 Å². The minimum absolute atomic E-state index is 0.0848. The molecule has 0 saturated carbocycles. The fraction of sp³-hybridized carbons (Fsp3) is 0.909. The number of carbonyl (C=O) groups excluding carboxylic acids is 1. The number of rotatable bonds is 17. The molecule has 31 heteroatoms. The van der Waals surface area contributed by atoms with E-state index < -0.39 is 258 Å². The van der Waals surface area contributed by atoms with Crippen LogP contribution >= 0.6 is 0 Å². The third-order valence-electron chi connectivity index (χ3n) is 23.2. The summed E-state index contributed by atoms with van der Waals surface area (Å²) in [6.45, 7) is 19.0. The second kappa shape index (κ2) is 47.5. The van der Waals surface area contributed by atoms with Crippen LogP contribution in [-0.4, -0.2) is 317 Å². The first kappa shape index (κ1) is 97.9. The molecule has 3 saturated heterocycles. The van der Waals surface area contributed by atoms with Crippen LogP contribution in [0.1, 0.15) is 186 Å². The SMILES string of the molecule is CC1=CC(C)C(O)C(C)=CC(O[C@H]2O[C@H](CO)[C@@H](O)[C@H](O[C@@H]3O[C@H](CO)[C@@H](O)[C@H](O)[C@@H]3O)[C@@H]2O)C(O)C(C)C(O)CC(O)CC(O)C(C)C(O)CC(O)CC(O)C(C)C(O)CC(O)CC(O[C@@H]2O[C@H](C)[C@@H](O)[C@H](N)[C@H]2O)C(C)C(C(C)CC(C)CCCCCCN)OC(=O)CCC(C)C(O)CCC=CC(C)C1O. The Balaban J connectivity index is 1.70. The van der Waals surface area contributed by atoms with Gasteiger partial charge in [0.05, 0.1) is 111 Å². The molecule has 0 aromatic rings. The molecule has 0 aromatic heterocycles. The fourth-order valence-electron chi connectivity index (χ4n) is 15.2. The number of aliphatic hydroxyl groups excluding tert-OH is 21. The second-order valence-corrected chi connectivity index (χ2v) is 32.5. The normalized spacial score (nSPS) is 45.0. The molecule has 0 amide bonds. The molecule has 25 N–H and O–H groups in total. The molecule has 108 heavy (non-hydrogen) atoms.